The van der Waals surface area contributed by atoms with Gasteiger partial charge in [0.25, 0.3) is 11.8 Å². The third kappa shape index (κ3) is 5.89. The number of halogens is 1. The van der Waals surface area contributed by atoms with Crippen molar-refractivity contribution in [3.63, 3.8) is 0 Å². The summed E-state index contributed by atoms with van der Waals surface area (Å²) in [6.07, 6.45) is 1.68. The lowest BCUT2D eigenvalue weighted by molar-refractivity contribution is -0.907. The first-order valence-corrected chi connectivity index (χ1v) is 5.88. The van der Waals surface area contributed by atoms with Gasteiger partial charge in [0.1, 0.15) is 0 Å². The average Bonchev–Trinajstić information content (AvgIpc) is 2.25. The fourth-order valence-electron chi connectivity index (χ4n) is 1.71. The Kier molecular flexibility index (Phi) is 8.38. The number of carbonyl (C=O) groups excluding carboxylic acids is 2. The van der Waals surface area contributed by atoms with Gasteiger partial charge in [-0.25, -0.2) is 0 Å². The summed E-state index contributed by atoms with van der Waals surface area (Å²) in [5.74, 6) is -0.693. The van der Waals surface area contributed by atoms with Gasteiger partial charge < -0.3 is 16.9 Å². The smallest absolute Gasteiger partial charge is 0.272 e. The Labute approximate surface area is 121 Å². The normalized spacial score (nSPS) is 11.8. The molecule has 0 saturated heterocycles. The van der Waals surface area contributed by atoms with E-state index in [1.165, 1.54) is 5.01 Å². The second-order valence-corrected chi connectivity index (χ2v) is 5.14. The molecule has 0 aromatic carbocycles. The zero-order chi connectivity index (χ0) is 14.5. The number of hydrazine groups is 1. The third-order valence-electron chi connectivity index (χ3n) is 2.56. The fraction of sp³-hybridized carbons (Fsp3) is 0.538. The van der Waals surface area contributed by atoms with Gasteiger partial charge in [-0.3, -0.25) is 15.0 Å². The van der Waals surface area contributed by atoms with Crippen molar-refractivity contribution in [2.75, 3.05) is 21.1 Å². The van der Waals surface area contributed by atoms with Crippen LogP contribution in [0.3, 0.4) is 0 Å². The lowest BCUT2D eigenvalue weighted by Crippen LogP contribution is -3.00. The van der Waals surface area contributed by atoms with E-state index >= 15 is 0 Å². The van der Waals surface area contributed by atoms with Crippen LogP contribution >= 0.6 is 0 Å². The van der Waals surface area contributed by atoms with E-state index in [0.717, 1.165) is 6.08 Å². The first-order valence-electron chi connectivity index (χ1n) is 5.88. The number of hydrogen-bond donors (Lipinski definition) is 1. The molecule has 0 aliphatic carbocycles. The molecule has 0 aromatic heterocycles. The van der Waals surface area contributed by atoms with E-state index in [9.17, 15) is 9.59 Å². The second kappa shape index (κ2) is 7.96. The van der Waals surface area contributed by atoms with Crippen molar-refractivity contribution in [2.24, 2.45) is 0 Å². The average molecular weight is 290 g/mol. The van der Waals surface area contributed by atoms with E-state index in [-0.39, 0.29) is 24.5 Å². The zero-order valence-electron chi connectivity index (χ0n) is 12.4. The van der Waals surface area contributed by atoms with Crippen LogP contribution in [0, 0.1) is 0 Å². The first-order chi connectivity index (χ1) is 8.15. The minimum Gasteiger partial charge on any atom is -1.00 e. The van der Waals surface area contributed by atoms with Gasteiger partial charge in [-0.2, -0.15) is 5.01 Å². The molecule has 19 heavy (non-hydrogen) atoms. The Morgan fingerprint density at radius 1 is 1.37 bits per heavy atom. The molecule has 0 spiro atoms. The Balaban J connectivity index is 0. The molecule has 1 atom stereocenters. The van der Waals surface area contributed by atoms with E-state index in [4.69, 9.17) is 0 Å². The van der Waals surface area contributed by atoms with Crippen molar-refractivity contribution in [3.8, 4) is 0 Å². The summed E-state index contributed by atoms with van der Waals surface area (Å²) in [5, 5.41) is 1.34. The largest absolute Gasteiger partial charge is 1.00 e. The highest BCUT2D eigenvalue weighted by Gasteiger charge is 2.33. The molecule has 6 heteroatoms. The third-order valence-corrected chi connectivity index (χ3v) is 2.56. The van der Waals surface area contributed by atoms with Crippen molar-refractivity contribution in [1.82, 2.24) is 10.4 Å². The van der Waals surface area contributed by atoms with E-state index in [1.54, 1.807) is 6.92 Å². The summed E-state index contributed by atoms with van der Waals surface area (Å²) >= 11 is 0. The molecule has 2 amide bonds. The lowest BCUT2D eigenvalue weighted by atomic mass is 10.2. The van der Waals surface area contributed by atoms with Crippen LogP contribution in [0.1, 0.15) is 20.3 Å². The van der Waals surface area contributed by atoms with Gasteiger partial charge in [0.15, 0.2) is 6.17 Å². The summed E-state index contributed by atoms with van der Waals surface area (Å²) in [6, 6.07) is 0. The zero-order valence-corrected chi connectivity index (χ0v) is 13.1. The fourth-order valence-corrected chi connectivity index (χ4v) is 1.71. The van der Waals surface area contributed by atoms with Gasteiger partial charge in [-0.1, -0.05) is 20.1 Å². The van der Waals surface area contributed by atoms with Crippen LogP contribution in [-0.2, 0) is 9.59 Å². The molecule has 0 saturated carbocycles. The molecule has 0 fully saturated rings. The van der Waals surface area contributed by atoms with Gasteiger partial charge in [-0.15, -0.1) is 0 Å². The molecule has 0 aromatic rings. The summed E-state index contributed by atoms with van der Waals surface area (Å²) in [4.78, 5) is 23.5. The van der Waals surface area contributed by atoms with Crippen LogP contribution in [0.5, 0.6) is 0 Å². The molecule has 0 aliphatic heterocycles. The summed E-state index contributed by atoms with van der Waals surface area (Å²) in [7, 11) is 5.90. The molecule has 0 heterocycles. The lowest BCUT2D eigenvalue weighted by Gasteiger charge is -2.40. The van der Waals surface area contributed by atoms with Gasteiger partial charge in [0, 0.05) is 12.0 Å². The molecule has 5 nitrogen and oxygen atoms in total. The standard InChI is InChI=1S/C13H23N3O2.ClH/c1-8-11(17)14-15(13(18)10(3)4)12(9-2)16(5,6)7;/h8,12H,1,3,9H2,2,4-7H3;1H. The summed E-state index contributed by atoms with van der Waals surface area (Å²) in [5.41, 5.74) is 2.94. The number of nitrogens with zero attached hydrogens (tertiary/aromatic N) is 2. The number of amides is 2. The Morgan fingerprint density at radius 2 is 1.84 bits per heavy atom. The molecular formula is C13H24ClN3O2. The molecule has 1 N–H and O–H groups in total. The first kappa shape index (κ1) is 20.0. The van der Waals surface area contributed by atoms with Crippen molar-refractivity contribution >= 4 is 11.8 Å². The number of carbonyl (C=O) groups is 2. The van der Waals surface area contributed by atoms with Gasteiger partial charge in [0.2, 0.25) is 0 Å². The van der Waals surface area contributed by atoms with E-state index < -0.39 is 5.91 Å². The van der Waals surface area contributed by atoms with Crippen molar-refractivity contribution in [1.29, 1.82) is 0 Å². The van der Waals surface area contributed by atoms with Crippen LogP contribution in [0.2, 0.25) is 0 Å². The van der Waals surface area contributed by atoms with E-state index in [1.807, 2.05) is 28.1 Å². The Bertz CT molecular complexity index is 361. The predicted octanol–water partition coefficient (Wildman–Crippen LogP) is -1.95. The maximum absolute atomic E-state index is 12.1. The van der Waals surface area contributed by atoms with Crippen molar-refractivity contribution in [3.05, 3.63) is 24.8 Å². The van der Waals surface area contributed by atoms with Crippen LogP contribution in [-0.4, -0.2) is 48.6 Å². The molecule has 0 rings (SSSR count). The highest BCUT2D eigenvalue weighted by atomic mass is 35.5. The topological polar surface area (TPSA) is 49.4 Å². The number of hydrogen-bond acceptors (Lipinski definition) is 2. The van der Waals surface area contributed by atoms with Crippen molar-refractivity contribution < 1.29 is 26.5 Å². The number of quaternary nitrogens is 1. The predicted molar refractivity (Wildman–Crippen MR) is 72.1 cm³/mol. The summed E-state index contributed by atoms with van der Waals surface area (Å²) in [6.45, 7) is 10.6. The Morgan fingerprint density at radius 3 is 2.11 bits per heavy atom. The number of rotatable bonds is 5. The van der Waals surface area contributed by atoms with Crippen LogP contribution in [0.15, 0.2) is 24.8 Å². The highest BCUT2D eigenvalue weighted by molar-refractivity contribution is 5.95. The maximum Gasteiger partial charge on any atom is 0.272 e. The molecule has 0 aliphatic rings. The minimum atomic E-state index is -0.406. The van der Waals surface area contributed by atoms with Gasteiger partial charge >= 0.3 is 0 Å². The Hall–Kier alpha value is -1.33. The second-order valence-electron chi connectivity index (χ2n) is 5.14. The van der Waals surface area contributed by atoms with Crippen LogP contribution in [0.4, 0.5) is 0 Å². The molecule has 110 valence electrons. The van der Waals surface area contributed by atoms with Gasteiger partial charge in [0.05, 0.1) is 21.1 Å². The molecule has 1 unspecified atom stereocenters. The van der Waals surface area contributed by atoms with Gasteiger partial charge in [-0.05, 0) is 13.0 Å². The summed E-state index contributed by atoms with van der Waals surface area (Å²) < 4.78 is 0.521. The van der Waals surface area contributed by atoms with Crippen LogP contribution in [0.25, 0.3) is 0 Å². The SMILES string of the molecule is C=CC(=O)NN(C(=O)C(=C)C)C(CC)[N+](C)(C)C.[Cl-]. The minimum absolute atomic E-state index is 0. The van der Waals surface area contributed by atoms with Crippen molar-refractivity contribution in [2.45, 2.75) is 26.4 Å². The quantitative estimate of drug-likeness (QED) is 0.277. The number of nitrogens with one attached hydrogen (secondary N) is 1. The maximum atomic E-state index is 12.1. The van der Waals surface area contributed by atoms with E-state index in [2.05, 4.69) is 18.6 Å². The molecule has 0 radical (unpaired) electrons. The molecule has 0 bridgehead atoms. The monoisotopic (exact) mass is 289 g/mol. The molecular weight excluding hydrogens is 266 g/mol. The van der Waals surface area contributed by atoms with Crippen LogP contribution < -0.4 is 17.8 Å². The van der Waals surface area contributed by atoms with E-state index in [0.29, 0.717) is 16.5 Å². The highest BCUT2D eigenvalue weighted by Crippen LogP contribution is 2.13.